The van der Waals surface area contributed by atoms with Crippen LogP contribution in [0.15, 0.2) is 24.3 Å². The number of anilines is 1. The van der Waals surface area contributed by atoms with Gasteiger partial charge in [-0.2, -0.15) is 0 Å². The minimum absolute atomic E-state index is 0.00557. The Balaban J connectivity index is 2.37. The normalized spacial score (nSPS) is 15.7. The lowest BCUT2D eigenvalue weighted by atomic mass is 10.1. The van der Waals surface area contributed by atoms with E-state index in [1.165, 1.54) is 5.56 Å². The van der Waals surface area contributed by atoms with Crippen LogP contribution in [0.2, 0.25) is 0 Å². The highest BCUT2D eigenvalue weighted by Gasteiger charge is 2.19. The largest absolute Gasteiger partial charge is 0.311 e. The van der Waals surface area contributed by atoms with Crippen LogP contribution in [0.4, 0.5) is 5.69 Å². The monoisotopic (exact) mass is 223 g/mol. The van der Waals surface area contributed by atoms with E-state index in [2.05, 4.69) is 6.07 Å². The van der Waals surface area contributed by atoms with Crippen molar-refractivity contribution in [3.8, 4) is 0 Å². The fourth-order valence-corrected chi connectivity index (χ4v) is 2.17. The van der Waals surface area contributed by atoms with Crippen molar-refractivity contribution in [3.05, 3.63) is 29.8 Å². The van der Waals surface area contributed by atoms with Gasteiger partial charge in [0.25, 0.3) is 0 Å². The zero-order valence-electron chi connectivity index (χ0n) is 8.58. The van der Waals surface area contributed by atoms with Crippen molar-refractivity contribution < 1.29 is 4.79 Å². The summed E-state index contributed by atoms with van der Waals surface area (Å²) in [5.74, 6) is 0.0694. The van der Waals surface area contributed by atoms with E-state index in [-0.39, 0.29) is 11.8 Å². The number of amides is 1. The summed E-state index contributed by atoms with van der Waals surface area (Å²) in [5, 5.41) is 0. The average molecular weight is 224 g/mol. The number of aryl methyl sites for hydroxylation is 1. The molecule has 1 aliphatic heterocycles. The van der Waals surface area contributed by atoms with Crippen LogP contribution in [-0.4, -0.2) is 18.3 Å². The van der Waals surface area contributed by atoms with Gasteiger partial charge >= 0.3 is 0 Å². The first-order valence-corrected chi connectivity index (χ1v) is 5.80. The van der Waals surface area contributed by atoms with Gasteiger partial charge in [-0.05, 0) is 30.9 Å². The van der Waals surface area contributed by atoms with Crippen molar-refractivity contribution in [1.29, 1.82) is 0 Å². The van der Waals surface area contributed by atoms with Crippen molar-refractivity contribution in [1.82, 2.24) is 0 Å². The molecule has 2 rings (SSSR count). The Bertz CT molecular complexity index is 364. The maximum absolute atomic E-state index is 11.7. The first-order valence-electron chi connectivity index (χ1n) is 5.27. The van der Waals surface area contributed by atoms with E-state index in [4.69, 9.17) is 11.6 Å². The molecule has 1 aromatic rings. The molecule has 0 radical (unpaired) electrons. The molecule has 0 aromatic heterocycles. The second-order valence-electron chi connectivity index (χ2n) is 3.76. The quantitative estimate of drug-likeness (QED) is 0.671. The maximum atomic E-state index is 11.7. The van der Waals surface area contributed by atoms with Crippen LogP contribution >= 0.6 is 11.6 Å². The first-order chi connectivity index (χ1) is 7.33. The maximum Gasteiger partial charge on any atom is 0.241 e. The van der Waals surface area contributed by atoms with E-state index in [0.29, 0.717) is 0 Å². The number of fused-ring (bicyclic) bond motifs is 1. The van der Waals surface area contributed by atoms with E-state index >= 15 is 0 Å². The Morgan fingerprint density at radius 1 is 1.33 bits per heavy atom. The number of para-hydroxylation sites is 1. The number of rotatable bonds is 1. The highest BCUT2D eigenvalue weighted by molar-refractivity contribution is 6.29. The van der Waals surface area contributed by atoms with Crippen LogP contribution in [0.3, 0.4) is 0 Å². The molecule has 0 aliphatic carbocycles. The SMILES string of the molecule is O=C(CCl)N1CCCCc2ccccc21. The second-order valence-corrected chi connectivity index (χ2v) is 4.03. The summed E-state index contributed by atoms with van der Waals surface area (Å²) in [5.41, 5.74) is 2.30. The fraction of sp³-hybridized carbons (Fsp3) is 0.417. The van der Waals surface area contributed by atoms with Gasteiger partial charge in [-0.3, -0.25) is 4.79 Å². The molecule has 0 saturated heterocycles. The van der Waals surface area contributed by atoms with Gasteiger partial charge in [-0.25, -0.2) is 0 Å². The molecule has 0 saturated carbocycles. The van der Waals surface area contributed by atoms with Crippen LogP contribution in [0.25, 0.3) is 0 Å². The van der Waals surface area contributed by atoms with Crippen LogP contribution in [0.5, 0.6) is 0 Å². The molecule has 0 bridgehead atoms. The lowest BCUT2D eigenvalue weighted by molar-refractivity contribution is -0.116. The summed E-state index contributed by atoms with van der Waals surface area (Å²) in [7, 11) is 0. The zero-order chi connectivity index (χ0) is 10.7. The molecular formula is C12H14ClNO. The summed E-state index contributed by atoms with van der Waals surface area (Å²) in [6.45, 7) is 0.794. The molecule has 3 heteroatoms. The molecule has 1 aromatic carbocycles. The van der Waals surface area contributed by atoms with Gasteiger partial charge in [0.2, 0.25) is 5.91 Å². The summed E-state index contributed by atoms with van der Waals surface area (Å²) in [6, 6.07) is 8.09. The predicted octanol–water partition coefficient (Wildman–Crippen LogP) is 2.59. The minimum Gasteiger partial charge on any atom is -0.311 e. The first kappa shape index (κ1) is 10.5. The molecular weight excluding hydrogens is 210 g/mol. The lowest BCUT2D eigenvalue weighted by Gasteiger charge is -2.21. The lowest BCUT2D eigenvalue weighted by Crippen LogP contribution is -2.32. The number of carbonyl (C=O) groups is 1. The molecule has 15 heavy (non-hydrogen) atoms. The van der Waals surface area contributed by atoms with Gasteiger partial charge in [0, 0.05) is 12.2 Å². The van der Waals surface area contributed by atoms with Gasteiger partial charge < -0.3 is 4.90 Å². The highest BCUT2D eigenvalue weighted by Crippen LogP contribution is 2.26. The van der Waals surface area contributed by atoms with E-state index in [1.807, 2.05) is 23.1 Å². The van der Waals surface area contributed by atoms with Crippen LogP contribution in [0.1, 0.15) is 18.4 Å². The number of halogens is 1. The van der Waals surface area contributed by atoms with Crippen molar-refractivity contribution in [2.75, 3.05) is 17.3 Å². The number of nitrogens with zero attached hydrogens (tertiary/aromatic N) is 1. The number of alkyl halides is 1. The van der Waals surface area contributed by atoms with Crippen LogP contribution < -0.4 is 4.90 Å². The minimum atomic E-state index is 0.00557. The van der Waals surface area contributed by atoms with Gasteiger partial charge in [0.1, 0.15) is 5.88 Å². The molecule has 1 heterocycles. The summed E-state index contributed by atoms with van der Waals surface area (Å²) < 4.78 is 0. The van der Waals surface area contributed by atoms with E-state index in [0.717, 1.165) is 31.5 Å². The predicted molar refractivity (Wildman–Crippen MR) is 62.5 cm³/mol. The molecule has 0 unspecified atom stereocenters. The highest BCUT2D eigenvalue weighted by atomic mass is 35.5. The van der Waals surface area contributed by atoms with Crippen molar-refractivity contribution in [2.24, 2.45) is 0 Å². The zero-order valence-corrected chi connectivity index (χ0v) is 9.33. The third-order valence-electron chi connectivity index (χ3n) is 2.78. The number of carbonyl (C=O) groups excluding carboxylic acids is 1. The van der Waals surface area contributed by atoms with E-state index in [9.17, 15) is 4.79 Å². The van der Waals surface area contributed by atoms with Crippen LogP contribution in [0, 0.1) is 0 Å². The van der Waals surface area contributed by atoms with Gasteiger partial charge in [-0.15, -0.1) is 11.6 Å². The van der Waals surface area contributed by atoms with Gasteiger partial charge in [0.15, 0.2) is 0 Å². The van der Waals surface area contributed by atoms with Gasteiger partial charge in [-0.1, -0.05) is 18.2 Å². The standard InChI is InChI=1S/C12H14ClNO/c13-9-12(15)14-8-4-3-6-10-5-1-2-7-11(10)14/h1-2,5,7H,3-4,6,8-9H2. The molecule has 1 aliphatic rings. The molecule has 1 amide bonds. The fourth-order valence-electron chi connectivity index (χ4n) is 2.02. The molecule has 0 fully saturated rings. The summed E-state index contributed by atoms with van der Waals surface area (Å²) in [6.07, 6.45) is 3.25. The summed E-state index contributed by atoms with van der Waals surface area (Å²) >= 11 is 5.61. The topological polar surface area (TPSA) is 20.3 Å². The average Bonchev–Trinajstić information content (AvgIpc) is 2.50. The van der Waals surface area contributed by atoms with Gasteiger partial charge in [0.05, 0.1) is 0 Å². The third kappa shape index (κ3) is 2.15. The molecule has 0 atom stereocenters. The van der Waals surface area contributed by atoms with E-state index in [1.54, 1.807) is 0 Å². The molecule has 0 spiro atoms. The number of hydrogen-bond acceptors (Lipinski definition) is 1. The van der Waals surface area contributed by atoms with E-state index < -0.39 is 0 Å². The Labute approximate surface area is 94.8 Å². The molecule has 0 N–H and O–H groups in total. The summed E-state index contributed by atoms with van der Waals surface area (Å²) in [4.78, 5) is 13.5. The Hall–Kier alpha value is -1.02. The van der Waals surface area contributed by atoms with Crippen molar-refractivity contribution >= 4 is 23.2 Å². The molecule has 80 valence electrons. The van der Waals surface area contributed by atoms with Crippen molar-refractivity contribution in [3.63, 3.8) is 0 Å². The number of hydrogen-bond donors (Lipinski definition) is 0. The third-order valence-corrected chi connectivity index (χ3v) is 3.00. The molecule has 2 nitrogen and oxygen atoms in total. The Kier molecular flexibility index (Phi) is 3.27. The van der Waals surface area contributed by atoms with Crippen LogP contribution in [-0.2, 0) is 11.2 Å². The Morgan fingerprint density at radius 3 is 2.93 bits per heavy atom. The second kappa shape index (κ2) is 4.67. The number of benzene rings is 1. The Morgan fingerprint density at radius 2 is 2.13 bits per heavy atom. The van der Waals surface area contributed by atoms with Crippen molar-refractivity contribution in [2.45, 2.75) is 19.3 Å². The smallest absolute Gasteiger partial charge is 0.241 e.